The number of hydrogen-bond donors (Lipinski definition) is 2. The van der Waals surface area contributed by atoms with Gasteiger partial charge in [-0.1, -0.05) is 6.92 Å². The number of rotatable bonds is 8. The van der Waals surface area contributed by atoms with E-state index in [4.69, 9.17) is 0 Å². The Labute approximate surface area is 122 Å². The predicted molar refractivity (Wildman–Crippen MR) is 80.3 cm³/mol. The van der Waals surface area contributed by atoms with Crippen LogP contribution in [0.5, 0.6) is 0 Å². The van der Waals surface area contributed by atoms with Crippen LogP contribution in [0.15, 0.2) is 4.90 Å². The van der Waals surface area contributed by atoms with Crippen LogP contribution in [-0.2, 0) is 16.6 Å². The van der Waals surface area contributed by atoms with Crippen molar-refractivity contribution in [3.63, 3.8) is 0 Å². The smallest absolute Gasteiger partial charge is 0.244 e. The van der Waals surface area contributed by atoms with Crippen molar-refractivity contribution in [1.82, 2.24) is 19.8 Å². The first-order valence-corrected chi connectivity index (χ1v) is 8.55. The van der Waals surface area contributed by atoms with Gasteiger partial charge in [-0.25, -0.2) is 13.1 Å². The molecule has 0 bridgehead atoms. The topological polar surface area (TPSA) is 76.0 Å². The quantitative estimate of drug-likeness (QED) is 0.707. The third-order valence-electron chi connectivity index (χ3n) is 2.95. The minimum Gasteiger partial charge on any atom is -0.317 e. The van der Waals surface area contributed by atoms with Gasteiger partial charge in [-0.2, -0.15) is 5.10 Å². The Morgan fingerprint density at radius 2 is 1.95 bits per heavy atom. The average Bonchev–Trinajstić information content (AvgIpc) is 2.58. The van der Waals surface area contributed by atoms with E-state index < -0.39 is 10.0 Å². The zero-order chi connectivity index (χ0) is 15.3. The fraction of sp³-hybridized carbons (Fsp3) is 0.769. The highest BCUT2D eigenvalue weighted by Gasteiger charge is 2.24. The molecule has 6 nitrogen and oxygen atoms in total. The number of hydrogen-bond acceptors (Lipinski definition) is 4. The van der Waals surface area contributed by atoms with Crippen LogP contribution in [0.3, 0.4) is 0 Å². The molecular weight excluding hydrogens is 276 g/mol. The number of sulfonamides is 1. The number of aromatic nitrogens is 2. The molecule has 0 radical (unpaired) electrons. The van der Waals surface area contributed by atoms with Gasteiger partial charge in [-0.05, 0) is 47.2 Å². The molecule has 0 aromatic carbocycles. The molecule has 116 valence electrons. The molecule has 0 amide bonds. The van der Waals surface area contributed by atoms with E-state index >= 15 is 0 Å². The maximum Gasteiger partial charge on any atom is 0.244 e. The van der Waals surface area contributed by atoms with Crippen molar-refractivity contribution >= 4 is 10.0 Å². The van der Waals surface area contributed by atoms with E-state index in [1.54, 1.807) is 11.6 Å². The molecule has 0 saturated heterocycles. The van der Waals surface area contributed by atoms with Gasteiger partial charge >= 0.3 is 0 Å². The lowest BCUT2D eigenvalue weighted by atomic mass is 10.4. The van der Waals surface area contributed by atoms with Gasteiger partial charge < -0.3 is 5.32 Å². The van der Waals surface area contributed by atoms with Crippen molar-refractivity contribution in [1.29, 1.82) is 0 Å². The Hall–Kier alpha value is -0.920. The molecule has 0 aliphatic heterocycles. The summed E-state index contributed by atoms with van der Waals surface area (Å²) in [5.41, 5.74) is 1.26. The third kappa shape index (κ3) is 4.29. The minimum absolute atomic E-state index is 0.129. The van der Waals surface area contributed by atoms with Crippen molar-refractivity contribution in [2.45, 2.75) is 58.5 Å². The van der Waals surface area contributed by atoms with Gasteiger partial charge in [0.2, 0.25) is 10.0 Å². The van der Waals surface area contributed by atoms with Gasteiger partial charge in [0.15, 0.2) is 0 Å². The van der Waals surface area contributed by atoms with Crippen molar-refractivity contribution in [3.05, 3.63) is 11.4 Å². The second kappa shape index (κ2) is 7.19. The standard InChI is InChI=1S/C13H26N4O2S/c1-6-14-8-7-9-17-12(5)13(11(4)15-17)20(18,19)16-10(2)3/h10,14,16H,6-9H2,1-5H3. The molecule has 0 atom stereocenters. The monoisotopic (exact) mass is 302 g/mol. The normalized spacial score (nSPS) is 12.3. The first kappa shape index (κ1) is 17.1. The summed E-state index contributed by atoms with van der Waals surface area (Å²) >= 11 is 0. The average molecular weight is 302 g/mol. The van der Waals surface area contributed by atoms with Crippen LogP contribution >= 0.6 is 0 Å². The summed E-state index contributed by atoms with van der Waals surface area (Å²) < 4.78 is 29.0. The molecule has 0 fully saturated rings. The summed E-state index contributed by atoms with van der Waals surface area (Å²) in [6, 6.07) is -0.129. The molecule has 2 N–H and O–H groups in total. The Balaban J connectivity index is 2.92. The molecule has 1 aromatic heterocycles. The Kier molecular flexibility index (Phi) is 6.16. The fourth-order valence-corrected chi connectivity index (χ4v) is 3.85. The van der Waals surface area contributed by atoms with Crippen LogP contribution in [0.25, 0.3) is 0 Å². The summed E-state index contributed by atoms with van der Waals surface area (Å²) in [4.78, 5) is 0.314. The Morgan fingerprint density at radius 1 is 1.30 bits per heavy atom. The SMILES string of the molecule is CCNCCCn1nc(C)c(S(=O)(=O)NC(C)C)c1C. The van der Waals surface area contributed by atoms with Crippen molar-refractivity contribution in [3.8, 4) is 0 Å². The first-order valence-electron chi connectivity index (χ1n) is 7.06. The van der Waals surface area contributed by atoms with Gasteiger partial charge in [0.25, 0.3) is 0 Å². The molecule has 1 heterocycles. The van der Waals surface area contributed by atoms with Crippen LogP contribution in [0.2, 0.25) is 0 Å². The molecular formula is C13H26N4O2S. The van der Waals surface area contributed by atoms with Crippen LogP contribution in [0, 0.1) is 13.8 Å². The summed E-state index contributed by atoms with van der Waals surface area (Å²) in [6.07, 6.45) is 0.924. The maximum absolute atomic E-state index is 12.3. The van der Waals surface area contributed by atoms with E-state index in [9.17, 15) is 8.42 Å². The van der Waals surface area contributed by atoms with Crippen molar-refractivity contribution in [2.24, 2.45) is 0 Å². The molecule has 7 heteroatoms. The highest BCUT2D eigenvalue weighted by Crippen LogP contribution is 2.19. The highest BCUT2D eigenvalue weighted by molar-refractivity contribution is 7.89. The summed E-state index contributed by atoms with van der Waals surface area (Å²) in [5.74, 6) is 0. The maximum atomic E-state index is 12.3. The molecule has 1 rings (SSSR count). The number of aryl methyl sites for hydroxylation is 2. The molecule has 0 unspecified atom stereocenters. The lowest BCUT2D eigenvalue weighted by molar-refractivity contribution is 0.536. The molecule has 0 aliphatic carbocycles. The van der Waals surface area contributed by atoms with E-state index in [-0.39, 0.29) is 6.04 Å². The zero-order valence-corrected chi connectivity index (χ0v) is 13.8. The zero-order valence-electron chi connectivity index (χ0n) is 13.0. The van der Waals surface area contributed by atoms with E-state index in [1.165, 1.54) is 0 Å². The van der Waals surface area contributed by atoms with Gasteiger partial charge in [-0.3, -0.25) is 4.68 Å². The van der Waals surface area contributed by atoms with Crippen LogP contribution in [0.1, 0.15) is 38.6 Å². The largest absolute Gasteiger partial charge is 0.317 e. The molecule has 1 aromatic rings. The molecule has 0 saturated carbocycles. The summed E-state index contributed by atoms with van der Waals surface area (Å²) in [6.45, 7) is 11.8. The second-order valence-corrected chi connectivity index (χ2v) is 6.86. The predicted octanol–water partition coefficient (Wildman–Crippen LogP) is 1.19. The van der Waals surface area contributed by atoms with E-state index in [1.807, 2.05) is 20.8 Å². The molecule has 0 aliphatic rings. The minimum atomic E-state index is -3.48. The Bertz CT molecular complexity index is 535. The molecule has 20 heavy (non-hydrogen) atoms. The van der Waals surface area contributed by atoms with Crippen LogP contribution < -0.4 is 10.0 Å². The van der Waals surface area contributed by atoms with Crippen LogP contribution in [0.4, 0.5) is 0 Å². The lowest BCUT2D eigenvalue weighted by Crippen LogP contribution is -2.31. The van der Waals surface area contributed by atoms with Gasteiger partial charge in [-0.15, -0.1) is 0 Å². The van der Waals surface area contributed by atoms with E-state index in [0.717, 1.165) is 26.1 Å². The highest BCUT2D eigenvalue weighted by atomic mass is 32.2. The second-order valence-electron chi connectivity index (χ2n) is 5.21. The lowest BCUT2D eigenvalue weighted by Gasteiger charge is -2.10. The van der Waals surface area contributed by atoms with Gasteiger partial charge in [0.05, 0.1) is 11.4 Å². The van der Waals surface area contributed by atoms with Gasteiger partial charge in [0, 0.05) is 12.6 Å². The number of nitrogens with one attached hydrogen (secondary N) is 2. The first-order chi connectivity index (χ1) is 9.29. The molecule has 0 spiro atoms. The van der Waals surface area contributed by atoms with Crippen molar-refractivity contribution in [2.75, 3.05) is 13.1 Å². The van der Waals surface area contributed by atoms with Gasteiger partial charge in [0.1, 0.15) is 4.90 Å². The fourth-order valence-electron chi connectivity index (χ4n) is 2.19. The third-order valence-corrected chi connectivity index (χ3v) is 4.86. The van der Waals surface area contributed by atoms with Crippen LogP contribution in [-0.4, -0.2) is 37.3 Å². The summed E-state index contributed by atoms with van der Waals surface area (Å²) in [5, 5.41) is 7.60. The Morgan fingerprint density at radius 3 is 2.50 bits per heavy atom. The van der Waals surface area contributed by atoms with E-state index in [0.29, 0.717) is 16.3 Å². The number of nitrogens with zero attached hydrogens (tertiary/aromatic N) is 2. The van der Waals surface area contributed by atoms with E-state index in [2.05, 4.69) is 22.1 Å². The summed E-state index contributed by atoms with van der Waals surface area (Å²) in [7, 11) is -3.48. The van der Waals surface area contributed by atoms with Crippen molar-refractivity contribution < 1.29 is 8.42 Å².